The van der Waals surface area contributed by atoms with Gasteiger partial charge in [0.15, 0.2) is 5.69 Å². The van der Waals surface area contributed by atoms with Gasteiger partial charge in [-0.2, -0.15) is 4.98 Å². The van der Waals surface area contributed by atoms with Crippen LogP contribution in [-0.4, -0.2) is 35.3 Å². The molecule has 1 saturated carbocycles. The molecule has 0 aromatic carbocycles. The Morgan fingerprint density at radius 3 is 3.12 bits per heavy atom. The van der Waals surface area contributed by atoms with Crippen molar-refractivity contribution >= 4 is 12.0 Å². The van der Waals surface area contributed by atoms with E-state index in [4.69, 9.17) is 14.3 Å². The van der Waals surface area contributed by atoms with Crippen molar-refractivity contribution in [2.75, 3.05) is 18.5 Å². The number of ether oxygens (including phenoxy) is 1. The number of carbonyl (C=O) groups is 1. The van der Waals surface area contributed by atoms with Gasteiger partial charge >= 0.3 is 5.97 Å². The zero-order chi connectivity index (χ0) is 12.3. The molecule has 0 unspecified atom stereocenters. The summed E-state index contributed by atoms with van der Waals surface area (Å²) in [7, 11) is 0. The fraction of sp³-hybridized carbons (Fsp3) is 0.636. The van der Waals surface area contributed by atoms with Crippen LogP contribution in [0.1, 0.15) is 30.3 Å². The normalized spacial score (nSPS) is 22.9. The molecule has 6 heteroatoms. The monoisotopic (exact) mass is 240 g/mol. The molecule has 0 aliphatic heterocycles. The minimum atomic E-state index is -0.483. The van der Waals surface area contributed by atoms with Gasteiger partial charge < -0.3 is 19.6 Å². The standard InChI is InChI=1S/C11H16N2O4/c1-2-16-10(15)9-6-17-11(13-9)12-5-7-3-8(14)4-7/h6-8,14H,2-5H2,1H3,(H,12,13). The van der Waals surface area contributed by atoms with Crippen LogP contribution in [-0.2, 0) is 4.74 Å². The maximum absolute atomic E-state index is 11.3. The van der Waals surface area contributed by atoms with Crippen LogP contribution in [0.25, 0.3) is 0 Å². The summed E-state index contributed by atoms with van der Waals surface area (Å²) in [6, 6.07) is 0.314. The topological polar surface area (TPSA) is 84.6 Å². The highest BCUT2D eigenvalue weighted by Crippen LogP contribution is 2.27. The SMILES string of the molecule is CCOC(=O)c1coc(NCC2CC(O)C2)n1. The van der Waals surface area contributed by atoms with Gasteiger partial charge in [-0.25, -0.2) is 4.79 Å². The third-order valence-electron chi connectivity index (χ3n) is 2.74. The van der Waals surface area contributed by atoms with Gasteiger partial charge in [-0.3, -0.25) is 0 Å². The number of aliphatic hydroxyl groups is 1. The van der Waals surface area contributed by atoms with Gasteiger partial charge in [0.25, 0.3) is 6.01 Å². The van der Waals surface area contributed by atoms with Crippen LogP contribution in [0.4, 0.5) is 6.01 Å². The molecule has 1 heterocycles. The van der Waals surface area contributed by atoms with Gasteiger partial charge in [-0.1, -0.05) is 0 Å². The number of hydrogen-bond acceptors (Lipinski definition) is 6. The highest BCUT2D eigenvalue weighted by atomic mass is 16.5. The minimum absolute atomic E-state index is 0.165. The Morgan fingerprint density at radius 2 is 2.47 bits per heavy atom. The summed E-state index contributed by atoms with van der Waals surface area (Å²) in [5.41, 5.74) is 0.169. The van der Waals surface area contributed by atoms with Crippen LogP contribution < -0.4 is 5.32 Å². The Labute approximate surface area is 99.0 Å². The van der Waals surface area contributed by atoms with E-state index in [1.165, 1.54) is 6.26 Å². The predicted octanol–water partition coefficient (Wildman–Crippen LogP) is 1.03. The summed E-state index contributed by atoms with van der Waals surface area (Å²) >= 11 is 0. The third kappa shape index (κ3) is 2.97. The van der Waals surface area contributed by atoms with Crippen molar-refractivity contribution in [2.24, 2.45) is 5.92 Å². The fourth-order valence-corrected chi connectivity index (χ4v) is 1.75. The first-order chi connectivity index (χ1) is 8.19. The van der Waals surface area contributed by atoms with Crippen LogP contribution in [0.2, 0.25) is 0 Å². The van der Waals surface area contributed by atoms with Crippen LogP contribution in [0.3, 0.4) is 0 Å². The molecule has 0 atom stereocenters. The Kier molecular flexibility index (Phi) is 3.63. The summed E-state index contributed by atoms with van der Waals surface area (Å²) in [5.74, 6) is -0.0358. The molecule has 0 amide bonds. The molecule has 1 aromatic rings. The molecule has 0 bridgehead atoms. The number of hydrogen-bond donors (Lipinski definition) is 2. The number of aromatic nitrogens is 1. The first-order valence-electron chi connectivity index (χ1n) is 5.73. The smallest absolute Gasteiger partial charge is 0.360 e. The highest BCUT2D eigenvalue weighted by Gasteiger charge is 2.27. The van der Waals surface area contributed by atoms with E-state index in [1.54, 1.807) is 6.92 Å². The lowest BCUT2D eigenvalue weighted by atomic mass is 9.82. The van der Waals surface area contributed by atoms with Gasteiger partial charge in [0.1, 0.15) is 6.26 Å². The molecule has 0 radical (unpaired) electrons. The van der Waals surface area contributed by atoms with Crippen molar-refractivity contribution in [1.29, 1.82) is 0 Å². The average Bonchev–Trinajstić information content (AvgIpc) is 2.72. The van der Waals surface area contributed by atoms with E-state index >= 15 is 0 Å². The summed E-state index contributed by atoms with van der Waals surface area (Å²) in [5, 5.41) is 12.1. The summed E-state index contributed by atoms with van der Waals surface area (Å²) < 4.78 is 9.88. The molecular weight excluding hydrogens is 224 g/mol. The number of rotatable bonds is 5. The quantitative estimate of drug-likeness (QED) is 0.748. The Balaban J connectivity index is 1.79. The van der Waals surface area contributed by atoms with Gasteiger partial charge in [-0.05, 0) is 25.7 Å². The van der Waals surface area contributed by atoms with Crippen molar-refractivity contribution < 1.29 is 19.1 Å². The van der Waals surface area contributed by atoms with Crippen molar-refractivity contribution in [3.05, 3.63) is 12.0 Å². The van der Waals surface area contributed by atoms with Crippen LogP contribution in [0.15, 0.2) is 10.7 Å². The molecule has 1 aromatic heterocycles. The van der Waals surface area contributed by atoms with E-state index in [9.17, 15) is 4.79 Å². The number of oxazole rings is 1. The average molecular weight is 240 g/mol. The maximum atomic E-state index is 11.3. The van der Waals surface area contributed by atoms with Crippen molar-refractivity contribution in [3.63, 3.8) is 0 Å². The molecule has 1 aliphatic rings. The molecule has 1 aliphatic carbocycles. The summed E-state index contributed by atoms with van der Waals surface area (Å²) in [4.78, 5) is 15.3. The summed E-state index contributed by atoms with van der Waals surface area (Å²) in [6.07, 6.45) is 2.72. The Morgan fingerprint density at radius 1 is 1.71 bits per heavy atom. The largest absolute Gasteiger partial charge is 0.461 e. The van der Waals surface area contributed by atoms with Crippen molar-refractivity contribution in [2.45, 2.75) is 25.9 Å². The zero-order valence-electron chi connectivity index (χ0n) is 9.68. The van der Waals surface area contributed by atoms with Crippen LogP contribution in [0, 0.1) is 5.92 Å². The molecule has 0 spiro atoms. The van der Waals surface area contributed by atoms with Gasteiger partial charge in [0.05, 0.1) is 12.7 Å². The highest BCUT2D eigenvalue weighted by molar-refractivity contribution is 5.87. The van der Waals surface area contributed by atoms with Crippen LogP contribution in [0.5, 0.6) is 0 Å². The Bertz CT molecular complexity index is 385. The lowest BCUT2D eigenvalue weighted by Crippen LogP contribution is -2.33. The number of anilines is 1. The summed E-state index contributed by atoms with van der Waals surface area (Å²) in [6.45, 7) is 2.74. The molecule has 2 N–H and O–H groups in total. The number of nitrogens with zero attached hydrogens (tertiary/aromatic N) is 1. The molecule has 17 heavy (non-hydrogen) atoms. The van der Waals surface area contributed by atoms with E-state index in [1.807, 2.05) is 0 Å². The number of nitrogens with one attached hydrogen (secondary N) is 1. The second kappa shape index (κ2) is 5.18. The van der Waals surface area contributed by atoms with Gasteiger partial charge in [0.2, 0.25) is 0 Å². The number of carbonyl (C=O) groups excluding carboxylic acids is 1. The fourth-order valence-electron chi connectivity index (χ4n) is 1.75. The van der Waals surface area contributed by atoms with E-state index in [2.05, 4.69) is 10.3 Å². The lowest BCUT2D eigenvalue weighted by molar-refractivity contribution is 0.0484. The first kappa shape index (κ1) is 11.9. The van der Waals surface area contributed by atoms with E-state index in [-0.39, 0.29) is 11.8 Å². The first-order valence-corrected chi connectivity index (χ1v) is 5.73. The maximum Gasteiger partial charge on any atom is 0.360 e. The van der Waals surface area contributed by atoms with E-state index in [0.29, 0.717) is 25.1 Å². The van der Waals surface area contributed by atoms with Gasteiger partial charge in [0, 0.05) is 6.54 Å². The molecular formula is C11H16N2O4. The molecule has 2 rings (SSSR count). The van der Waals surface area contributed by atoms with Gasteiger partial charge in [-0.15, -0.1) is 0 Å². The van der Waals surface area contributed by atoms with Crippen molar-refractivity contribution in [3.8, 4) is 0 Å². The molecule has 94 valence electrons. The third-order valence-corrected chi connectivity index (χ3v) is 2.74. The lowest BCUT2D eigenvalue weighted by Gasteiger charge is -2.30. The Hall–Kier alpha value is -1.56. The second-order valence-electron chi connectivity index (χ2n) is 4.13. The number of esters is 1. The molecule has 0 saturated heterocycles. The predicted molar refractivity (Wildman–Crippen MR) is 59.7 cm³/mol. The minimum Gasteiger partial charge on any atom is -0.461 e. The molecule has 1 fully saturated rings. The second-order valence-corrected chi connectivity index (χ2v) is 4.13. The van der Waals surface area contributed by atoms with E-state index in [0.717, 1.165) is 12.8 Å². The van der Waals surface area contributed by atoms with E-state index < -0.39 is 5.97 Å². The number of aliphatic hydroxyl groups excluding tert-OH is 1. The molecule has 6 nitrogen and oxygen atoms in total. The zero-order valence-corrected chi connectivity index (χ0v) is 9.68. The van der Waals surface area contributed by atoms with Crippen molar-refractivity contribution in [1.82, 2.24) is 4.98 Å². The van der Waals surface area contributed by atoms with Crippen LogP contribution >= 0.6 is 0 Å².